The molecule has 0 saturated heterocycles. The molecule has 0 fully saturated rings. The maximum Gasteiger partial charge on any atom is 0.128 e. The van der Waals surface area contributed by atoms with E-state index in [1.807, 2.05) is 42.0 Å². The van der Waals surface area contributed by atoms with E-state index in [1.54, 1.807) is 0 Å². The van der Waals surface area contributed by atoms with Crippen molar-refractivity contribution in [3.05, 3.63) is 30.5 Å². The van der Waals surface area contributed by atoms with E-state index in [-0.39, 0.29) is 0 Å². The number of nitrogens with zero attached hydrogens (tertiary/aromatic N) is 2. The van der Waals surface area contributed by atoms with Crippen LogP contribution >= 0.6 is 0 Å². The lowest BCUT2D eigenvalue weighted by Crippen LogP contribution is -1.94. The quantitative estimate of drug-likeness (QED) is 0.763. The molecule has 1 aromatic heterocycles. The van der Waals surface area contributed by atoms with Crippen molar-refractivity contribution in [3.8, 4) is 11.8 Å². The molecule has 0 N–H and O–H groups in total. The van der Waals surface area contributed by atoms with Gasteiger partial charge in [-0.15, -0.1) is 0 Å². The first-order valence-corrected chi connectivity index (χ1v) is 4.94. The third-order valence-electron chi connectivity index (χ3n) is 2.31. The minimum atomic E-state index is 0.374. The van der Waals surface area contributed by atoms with Crippen molar-refractivity contribution in [2.75, 3.05) is 6.61 Å². The van der Waals surface area contributed by atoms with Crippen molar-refractivity contribution in [3.63, 3.8) is 0 Å². The number of fused-ring (bicyclic) bond motifs is 1. The Morgan fingerprint density at radius 2 is 2.27 bits per heavy atom. The largest absolute Gasteiger partial charge is 0.493 e. The van der Waals surface area contributed by atoms with Gasteiger partial charge in [-0.25, -0.2) is 0 Å². The Kier molecular flexibility index (Phi) is 2.59. The summed E-state index contributed by atoms with van der Waals surface area (Å²) in [4.78, 5) is 0. The summed E-state index contributed by atoms with van der Waals surface area (Å²) in [5.74, 6) is 0.881. The van der Waals surface area contributed by atoms with Gasteiger partial charge in [-0.3, -0.25) is 0 Å². The van der Waals surface area contributed by atoms with Gasteiger partial charge in [-0.1, -0.05) is 6.07 Å². The Morgan fingerprint density at radius 3 is 3.00 bits per heavy atom. The zero-order valence-electron chi connectivity index (χ0n) is 8.60. The summed E-state index contributed by atoms with van der Waals surface area (Å²) in [6, 6.07) is 10.0. The fraction of sp³-hybridized carbons (Fsp3) is 0.250. The molecule has 1 heterocycles. The first-order chi connectivity index (χ1) is 7.36. The third kappa shape index (κ3) is 1.66. The van der Waals surface area contributed by atoms with Gasteiger partial charge in [0, 0.05) is 11.6 Å². The molecule has 0 aliphatic carbocycles. The van der Waals surface area contributed by atoms with Crippen LogP contribution in [0.3, 0.4) is 0 Å². The molecule has 3 heteroatoms. The van der Waals surface area contributed by atoms with Crippen molar-refractivity contribution in [1.82, 2.24) is 4.57 Å². The second-order valence-electron chi connectivity index (χ2n) is 3.22. The molecule has 76 valence electrons. The molecule has 0 aliphatic rings. The summed E-state index contributed by atoms with van der Waals surface area (Å²) < 4.78 is 7.43. The molecule has 0 amide bonds. The molecular formula is C12H12N2O. The average Bonchev–Trinajstić information content (AvgIpc) is 2.64. The van der Waals surface area contributed by atoms with Crippen LogP contribution < -0.4 is 4.74 Å². The molecule has 0 unspecified atom stereocenters. The number of benzene rings is 1. The standard InChI is InChI=1S/C12H12N2O/c1-2-15-12-5-3-4-11-10(12)6-8-14(11)9-7-13/h3-6,8H,2,9H2,1H3. The van der Waals surface area contributed by atoms with Crippen molar-refractivity contribution in [2.24, 2.45) is 0 Å². The number of ether oxygens (including phenoxy) is 1. The summed E-state index contributed by atoms with van der Waals surface area (Å²) in [6.07, 6.45) is 1.91. The van der Waals surface area contributed by atoms with Gasteiger partial charge in [-0.05, 0) is 25.1 Å². The minimum Gasteiger partial charge on any atom is -0.493 e. The van der Waals surface area contributed by atoms with Crippen LogP contribution in [-0.4, -0.2) is 11.2 Å². The summed E-state index contributed by atoms with van der Waals surface area (Å²) in [7, 11) is 0. The van der Waals surface area contributed by atoms with Gasteiger partial charge >= 0.3 is 0 Å². The van der Waals surface area contributed by atoms with Gasteiger partial charge in [0.15, 0.2) is 0 Å². The van der Waals surface area contributed by atoms with Crippen molar-refractivity contribution < 1.29 is 4.74 Å². The second kappa shape index (κ2) is 4.05. The van der Waals surface area contributed by atoms with Gasteiger partial charge < -0.3 is 9.30 Å². The zero-order chi connectivity index (χ0) is 10.7. The molecule has 1 aromatic carbocycles. The van der Waals surface area contributed by atoms with Gasteiger partial charge in [0.05, 0.1) is 18.2 Å². The number of aromatic nitrogens is 1. The van der Waals surface area contributed by atoms with E-state index in [0.717, 1.165) is 16.7 Å². The summed E-state index contributed by atoms with van der Waals surface area (Å²) in [6.45, 7) is 2.99. The van der Waals surface area contributed by atoms with E-state index in [4.69, 9.17) is 10.00 Å². The zero-order valence-corrected chi connectivity index (χ0v) is 8.60. The van der Waals surface area contributed by atoms with Crippen molar-refractivity contribution in [2.45, 2.75) is 13.5 Å². The van der Waals surface area contributed by atoms with E-state index < -0.39 is 0 Å². The van der Waals surface area contributed by atoms with E-state index >= 15 is 0 Å². The molecule has 0 saturated carbocycles. The molecule has 2 rings (SSSR count). The number of rotatable bonds is 3. The van der Waals surface area contributed by atoms with Gasteiger partial charge in [0.2, 0.25) is 0 Å². The smallest absolute Gasteiger partial charge is 0.128 e. The SMILES string of the molecule is CCOc1cccc2c1ccn2CC#N. The number of nitriles is 1. The first-order valence-electron chi connectivity index (χ1n) is 4.94. The van der Waals surface area contributed by atoms with Crippen molar-refractivity contribution in [1.29, 1.82) is 5.26 Å². The monoisotopic (exact) mass is 200 g/mol. The second-order valence-corrected chi connectivity index (χ2v) is 3.22. The molecule has 15 heavy (non-hydrogen) atoms. The van der Waals surface area contributed by atoms with Crippen molar-refractivity contribution >= 4 is 10.9 Å². The topological polar surface area (TPSA) is 38.0 Å². The molecule has 3 nitrogen and oxygen atoms in total. The number of hydrogen-bond acceptors (Lipinski definition) is 2. The van der Waals surface area contributed by atoms with E-state index in [1.165, 1.54) is 0 Å². The molecular weight excluding hydrogens is 188 g/mol. The maximum atomic E-state index is 8.67. The highest BCUT2D eigenvalue weighted by molar-refractivity contribution is 5.86. The lowest BCUT2D eigenvalue weighted by molar-refractivity contribution is 0.344. The normalized spacial score (nSPS) is 10.1. The predicted molar refractivity (Wildman–Crippen MR) is 58.7 cm³/mol. The van der Waals surface area contributed by atoms with Crippen LogP contribution in [0.2, 0.25) is 0 Å². The van der Waals surface area contributed by atoms with Crippen LogP contribution in [0.1, 0.15) is 6.92 Å². The van der Waals surface area contributed by atoms with E-state index in [2.05, 4.69) is 6.07 Å². The highest BCUT2D eigenvalue weighted by Gasteiger charge is 2.05. The average molecular weight is 200 g/mol. The molecule has 0 spiro atoms. The fourth-order valence-corrected chi connectivity index (χ4v) is 1.69. The van der Waals surface area contributed by atoms with Crippen LogP contribution in [-0.2, 0) is 6.54 Å². The molecule has 0 bridgehead atoms. The molecule has 0 atom stereocenters. The van der Waals surface area contributed by atoms with Crippen LogP contribution in [0.15, 0.2) is 30.5 Å². The maximum absolute atomic E-state index is 8.67. The predicted octanol–water partition coefficient (Wildman–Crippen LogP) is 2.56. The van der Waals surface area contributed by atoms with Gasteiger partial charge in [-0.2, -0.15) is 5.26 Å². The number of hydrogen-bond donors (Lipinski definition) is 0. The molecule has 2 aromatic rings. The van der Waals surface area contributed by atoms with Crippen LogP contribution in [0.4, 0.5) is 0 Å². The van der Waals surface area contributed by atoms with E-state index in [9.17, 15) is 0 Å². The molecule has 0 aliphatic heterocycles. The lowest BCUT2D eigenvalue weighted by atomic mass is 10.2. The minimum absolute atomic E-state index is 0.374. The van der Waals surface area contributed by atoms with Gasteiger partial charge in [0.1, 0.15) is 12.3 Å². The third-order valence-corrected chi connectivity index (χ3v) is 2.31. The van der Waals surface area contributed by atoms with Crippen LogP contribution in [0.25, 0.3) is 10.9 Å². The Morgan fingerprint density at radius 1 is 1.40 bits per heavy atom. The summed E-state index contributed by atoms with van der Waals surface area (Å²) >= 11 is 0. The summed E-state index contributed by atoms with van der Waals surface area (Å²) in [5, 5.41) is 9.73. The Balaban J connectivity index is 2.54. The Labute approximate surface area is 88.5 Å². The fourth-order valence-electron chi connectivity index (χ4n) is 1.69. The highest BCUT2D eigenvalue weighted by atomic mass is 16.5. The Hall–Kier alpha value is -1.95. The van der Waals surface area contributed by atoms with E-state index in [0.29, 0.717) is 13.2 Å². The lowest BCUT2D eigenvalue weighted by Gasteiger charge is -2.05. The first kappa shape index (κ1) is 9.60. The van der Waals surface area contributed by atoms with Crippen LogP contribution in [0.5, 0.6) is 5.75 Å². The molecule has 0 radical (unpaired) electrons. The highest BCUT2D eigenvalue weighted by Crippen LogP contribution is 2.26. The van der Waals surface area contributed by atoms with Crippen LogP contribution in [0, 0.1) is 11.3 Å². The van der Waals surface area contributed by atoms with Gasteiger partial charge in [0.25, 0.3) is 0 Å². The summed E-state index contributed by atoms with van der Waals surface area (Å²) in [5.41, 5.74) is 1.04. The Bertz CT molecular complexity index is 508.